The number of nitrogens with zero attached hydrogens (tertiary/aromatic N) is 3. The number of rotatable bonds is 17. The second-order valence-electron chi connectivity index (χ2n) is 33.3. The van der Waals surface area contributed by atoms with Gasteiger partial charge in [0.25, 0.3) is 6.71 Å². The van der Waals surface area contributed by atoms with Crippen LogP contribution in [0.3, 0.4) is 0 Å². The molecule has 19 aromatic carbocycles. The van der Waals surface area contributed by atoms with Crippen molar-refractivity contribution in [1.29, 1.82) is 0 Å². The summed E-state index contributed by atoms with van der Waals surface area (Å²) in [4.78, 5) is 4.67. The average molecular weight is 1630 g/mol. The van der Waals surface area contributed by atoms with Crippen molar-refractivity contribution in [1.82, 2.24) is 4.57 Å². The van der Waals surface area contributed by atoms with Gasteiger partial charge in [-0.15, -0.1) is 0 Å². The van der Waals surface area contributed by atoms with E-state index < -0.39 is 107 Å². The molecule has 0 saturated carbocycles. The Morgan fingerprint density at radius 2 is 0.629 bits per heavy atom. The maximum absolute atomic E-state index is 9.98. The average Bonchev–Trinajstić information content (AvgIpc) is 1.66. The largest absolute Gasteiger partial charge is 0.311 e. The molecule has 3 heterocycles. The first-order valence-corrected chi connectivity index (χ1v) is 46.2. The first-order valence-electron chi connectivity index (χ1n) is 48.7. The van der Waals surface area contributed by atoms with Crippen LogP contribution >= 0.6 is 0 Å². The summed E-state index contributed by atoms with van der Waals surface area (Å²) in [5, 5.41) is 8.95. The van der Waals surface area contributed by atoms with E-state index in [0.29, 0.717) is 28.3 Å². The molecule has 0 atom stereocenters. The van der Waals surface area contributed by atoms with Gasteiger partial charge in [-0.25, -0.2) is 0 Å². The van der Waals surface area contributed by atoms with E-state index in [1.165, 1.54) is 0 Å². The van der Waals surface area contributed by atoms with E-state index in [4.69, 9.17) is 1.37 Å². The molecule has 1 aromatic heterocycles. The Morgan fingerprint density at radius 1 is 0.242 bits per heavy atom. The van der Waals surface area contributed by atoms with E-state index in [2.05, 4.69) is 376 Å². The zero-order valence-electron chi connectivity index (χ0n) is 81.5. The number of anilines is 6. The standard InChI is InChI=1S/C118H88BN3Si2/c1-118(2,3)94-67-69-108-113(80-94)122(112-71-66-91(86-44-19-7-20-45-86)77-107(112)87-46-21-8-22-47-87)116-79-93(78-115-117(116)119(108)109-70-68-96(120-110-64-33-31-62-105(110)106-63-32-34-65-111(106)120)81-114(109)121(115)95-51-35-48-88(72-95)83-38-13-4-14-39-83)92-75-103(123(97-52-23-9-24-53-97,98-54-25-10-26-55-98)101-60-36-49-89(73-101)84-40-15-5-16-41-84)82-104(76-92)124(99-56-27-11-28-57-99,100-58-29-12-30-59-100)102-61-37-50-90(74-102)85-42-17-6-18-43-85/h4-82H,1-3H3/i4D,13D,14D,31D,32D,33D,34D,38D,39D,62D,63D,64D,65D. The summed E-state index contributed by atoms with van der Waals surface area (Å²) in [7, 11) is -7.62. The molecule has 0 saturated heterocycles. The van der Waals surface area contributed by atoms with Crippen molar-refractivity contribution in [2.45, 2.75) is 26.2 Å². The highest BCUT2D eigenvalue weighted by atomic mass is 28.3. The predicted molar refractivity (Wildman–Crippen MR) is 533 cm³/mol. The third-order valence-corrected chi connectivity index (χ3v) is 34.8. The van der Waals surface area contributed by atoms with Crippen LogP contribution in [0, 0.1) is 0 Å². The molecule has 586 valence electrons. The van der Waals surface area contributed by atoms with E-state index in [-0.39, 0.29) is 27.4 Å². The van der Waals surface area contributed by atoms with Crippen LogP contribution in [0.25, 0.3) is 94.3 Å². The van der Waals surface area contributed by atoms with Gasteiger partial charge >= 0.3 is 0 Å². The van der Waals surface area contributed by atoms with Gasteiger partial charge in [-0.1, -0.05) is 433 Å². The van der Waals surface area contributed by atoms with Crippen molar-refractivity contribution < 1.29 is 17.8 Å². The number of aromatic nitrogens is 1. The van der Waals surface area contributed by atoms with Crippen LogP contribution in [-0.4, -0.2) is 27.4 Å². The smallest absolute Gasteiger partial charge is 0.252 e. The Labute approximate surface area is 747 Å². The van der Waals surface area contributed by atoms with Crippen molar-refractivity contribution in [3.63, 3.8) is 0 Å². The summed E-state index contributed by atoms with van der Waals surface area (Å²) in [5.41, 5.74) is 18.0. The first-order chi connectivity index (χ1) is 66.5. The number of hydrogen-bond donors (Lipinski definition) is 0. The molecule has 0 aliphatic carbocycles. The Morgan fingerprint density at radius 3 is 1.12 bits per heavy atom. The molecule has 6 heteroatoms. The van der Waals surface area contributed by atoms with Crippen LogP contribution in [0.15, 0.2) is 479 Å². The van der Waals surface area contributed by atoms with Crippen molar-refractivity contribution in [3.8, 4) is 72.4 Å². The predicted octanol–water partition coefficient (Wildman–Crippen LogP) is 22.9. The number of fused-ring (bicyclic) bond motifs is 7. The minimum atomic E-state index is -3.81. The minimum Gasteiger partial charge on any atom is -0.311 e. The fraction of sp³-hybridized carbons (Fsp3) is 0.0339. The highest BCUT2D eigenvalue weighted by Crippen LogP contribution is 2.51. The molecule has 0 bridgehead atoms. The Bertz CT molecular complexity index is 7870. The van der Waals surface area contributed by atoms with Crippen molar-refractivity contribution in [2.24, 2.45) is 0 Å². The van der Waals surface area contributed by atoms with E-state index >= 15 is 0 Å². The molecule has 22 rings (SSSR count). The fourth-order valence-corrected chi connectivity index (χ4v) is 29.5. The monoisotopic (exact) mass is 1630 g/mol. The third-order valence-electron chi connectivity index (χ3n) is 25.3. The molecule has 3 nitrogen and oxygen atoms in total. The quantitative estimate of drug-likeness (QED) is 0.0665. The van der Waals surface area contributed by atoms with Gasteiger partial charge in [0.15, 0.2) is 16.1 Å². The lowest BCUT2D eigenvalue weighted by molar-refractivity contribution is 0.590. The van der Waals surface area contributed by atoms with Crippen molar-refractivity contribution >= 4 is 137 Å². The van der Waals surface area contributed by atoms with Crippen LogP contribution in [0.4, 0.5) is 34.1 Å². The Hall–Kier alpha value is -14.9. The van der Waals surface area contributed by atoms with Gasteiger partial charge in [-0.3, -0.25) is 0 Å². The van der Waals surface area contributed by atoms with Gasteiger partial charge in [0.2, 0.25) is 0 Å². The van der Waals surface area contributed by atoms with Gasteiger partial charge in [-0.05, 0) is 197 Å². The van der Waals surface area contributed by atoms with Crippen LogP contribution in [0.2, 0.25) is 0 Å². The lowest BCUT2D eigenvalue weighted by Crippen LogP contribution is -2.78. The maximum atomic E-state index is 9.98. The summed E-state index contributed by atoms with van der Waals surface area (Å²) in [6.07, 6.45) is 0. The topological polar surface area (TPSA) is 11.4 Å². The first kappa shape index (κ1) is 62.2. The SMILES string of the molecule is [2H]c1c([2H])c([2H])c(-c2cccc(N3c4cc(-n5c6c([2H])c([2H])c([2H])c([2H])c6c6c([2H])c([2H])c([2H])c([2H])c65)ccc4B4c5ccc(C(C)(C)C)cc5N(c5ccc(-c6ccccc6)cc5-c5ccccc5)c5cc(-c6cc([Si](c7ccccc7)(c7ccccc7)c7cccc(-c8ccccc8)c7)cc([Si](c7ccccc7)(c7ccccc7)c7cccc(-c8ccccc8)c7)c6)cc3c54)c2)c([2H])c1[2H]. The normalized spacial score (nSPS) is 13.9. The van der Waals surface area contributed by atoms with E-state index in [1.54, 1.807) is 10.6 Å². The summed E-state index contributed by atoms with van der Waals surface area (Å²) >= 11 is 0. The van der Waals surface area contributed by atoms with Crippen LogP contribution in [0.1, 0.15) is 44.2 Å². The highest BCUT2D eigenvalue weighted by molar-refractivity contribution is 7.22. The lowest BCUT2D eigenvalue weighted by Gasteiger charge is -2.45. The number of benzene rings is 19. The van der Waals surface area contributed by atoms with Gasteiger partial charge in [0.1, 0.15) is 0 Å². The number of para-hydroxylation sites is 2. The van der Waals surface area contributed by atoms with Crippen molar-refractivity contribution in [2.75, 3.05) is 9.80 Å². The molecule has 0 unspecified atom stereocenters. The molecule has 2 aliphatic heterocycles. The molecule has 2 aliphatic rings. The maximum Gasteiger partial charge on any atom is 0.252 e. The zero-order valence-corrected chi connectivity index (χ0v) is 70.5. The Kier molecular flexibility index (Phi) is 15.7. The van der Waals surface area contributed by atoms with E-state index in [9.17, 15) is 16.4 Å². The summed E-state index contributed by atoms with van der Waals surface area (Å²) < 4.78 is 125. The molecular formula is C118H88BN3Si2. The molecule has 0 amide bonds. The van der Waals surface area contributed by atoms with Crippen LogP contribution in [-0.2, 0) is 5.41 Å². The molecule has 20 aromatic rings. The van der Waals surface area contributed by atoms with Crippen molar-refractivity contribution in [3.05, 3.63) is 484 Å². The second kappa shape index (κ2) is 31.3. The van der Waals surface area contributed by atoms with Gasteiger partial charge in [-0.2, -0.15) is 0 Å². The molecule has 124 heavy (non-hydrogen) atoms. The zero-order chi connectivity index (χ0) is 94.2. The Balaban J connectivity index is 0.951. The summed E-state index contributed by atoms with van der Waals surface area (Å²) in [6.45, 7) is 6.06. The van der Waals surface area contributed by atoms with Gasteiger partial charge in [0, 0.05) is 50.5 Å². The van der Waals surface area contributed by atoms with E-state index in [1.807, 2.05) is 48.5 Å². The number of hydrogen-bond acceptors (Lipinski definition) is 2. The fourth-order valence-electron chi connectivity index (χ4n) is 19.7. The summed E-state index contributed by atoms with van der Waals surface area (Å²) in [6, 6.07) is 138. The third kappa shape index (κ3) is 12.9. The molecule has 0 N–H and O–H groups in total. The molecular weight excluding hydrogens is 1530 g/mol. The van der Waals surface area contributed by atoms with Gasteiger partial charge < -0.3 is 14.4 Å². The molecule has 0 spiro atoms. The summed E-state index contributed by atoms with van der Waals surface area (Å²) in [5.74, 6) is 0. The molecule has 0 fully saturated rings. The minimum absolute atomic E-state index is 0.0184. The van der Waals surface area contributed by atoms with E-state index in [0.717, 1.165) is 136 Å². The highest BCUT2D eigenvalue weighted by Gasteiger charge is 2.49. The molecule has 0 radical (unpaired) electrons. The van der Waals surface area contributed by atoms with Crippen LogP contribution < -0.4 is 67.7 Å². The van der Waals surface area contributed by atoms with Gasteiger partial charge in [0.05, 0.1) is 34.5 Å². The second-order valence-corrected chi connectivity index (χ2v) is 40.9. The van der Waals surface area contributed by atoms with Crippen LogP contribution in [0.5, 0.6) is 0 Å². The lowest BCUT2D eigenvalue weighted by atomic mass is 9.33.